The van der Waals surface area contributed by atoms with Crippen LogP contribution in [0.4, 0.5) is 5.69 Å². The van der Waals surface area contributed by atoms with Gasteiger partial charge in [0.2, 0.25) is 0 Å². The summed E-state index contributed by atoms with van der Waals surface area (Å²) in [6.45, 7) is 0.733. The lowest BCUT2D eigenvalue weighted by Gasteiger charge is -2.24. The number of rotatable bonds is 9. The largest absolute Gasteiger partial charge is 0.493 e. The molecule has 0 N–H and O–H groups in total. The number of aromatic nitrogens is 1. The van der Waals surface area contributed by atoms with Gasteiger partial charge >= 0.3 is 0 Å². The minimum absolute atomic E-state index is 0.00371. The van der Waals surface area contributed by atoms with Gasteiger partial charge in [-0.1, -0.05) is 32.1 Å². The first-order valence-corrected chi connectivity index (χ1v) is 11.1. The molecule has 3 rings (SSSR count). The minimum atomic E-state index is -0.558. The molecule has 9 heteroatoms. The van der Waals surface area contributed by atoms with Crippen LogP contribution in [0.2, 0.25) is 0 Å². The van der Waals surface area contributed by atoms with E-state index in [9.17, 15) is 14.9 Å². The fourth-order valence-corrected chi connectivity index (χ4v) is 4.31. The van der Waals surface area contributed by atoms with E-state index < -0.39 is 4.92 Å². The van der Waals surface area contributed by atoms with Crippen LogP contribution >= 0.6 is 11.3 Å². The first-order valence-electron chi connectivity index (χ1n) is 10.1. The number of nitro benzene ring substituents is 1. The number of benzene rings is 1. The number of thiazole rings is 1. The number of ether oxygens (including phenoxy) is 2. The Balaban J connectivity index is 1.76. The maximum Gasteiger partial charge on any atom is 0.286 e. The molecule has 0 unspecified atom stereocenters. The van der Waals surface area contributed by atoms with Gasteiger partial charge in [-0.2, -0.15) is 0 Å². The van der Waals surface area contributed by atoms with E-state index >= 15 is 0 Å². The van der Waals surface area contributed by atoms with E-state index in [0.717, 1.165) is 6.42 Å². The van der Waals surface area contributed by atoms with Crippen molar-refractivity contribution in [1.29, 1.82) is 0 Å². The second-order valence-corrected chi connectivity index (χ2v) is 8.28. The number of hydrogen-bond acceptors (Lipinski definition) is 7. The maximum atomic E-state index is 13.0. The fraction of sp³-hybridized carbons (Fsp3) is 0.524. The van der Waals surface area contributed by atoms with Crippen LogP contribution in [-0.4, -0.2) is 41.4 Å². The normalized spacial score (nSPS) is 14.3. The SMILES string of the molecule is COc1cc(C(=O)N(C)CCC2CCCCC2)c([N+](=O)[O-])cc1OCc1cscn1. The smallest absolute Gasteiger partial charge is 0.286 e. The summed E-state index contributed by atoms with van der Waals surface area (Å²) in [5, 5.41) is 13.5. The molecule has 30 heavy (non-hydrogen) atoms. The quantitative estimate of drug-likeness (QED) is 0.421. The zero-order valence-electron chi connectivity index (χ0n) is 17.3. The zero-order chi connectivity index (χ0) is 21.5. The van der Waals surface area contributed by atoms with Crippen LogP contribution in [0.1, 0.15) is 54.6 Å². The molecular formula is C21H27N3O5S. The van der Waals surface area contributed by atoms with Gasteiger partial charge in [0.05, 0.1) is 29.3 Å². The van der Waals surface area contributed by atoms with E-state index in [0.29, 0.717) is 18.2 Å². The molecule has 1 fully saturated rings. The predicted molar refractivity (Wildman–Crippen MR) is 114 cm³/mol. The second kappa shape index (κ2) is 10.4. The van der Waals surface area contributed by atoms with Gasteiger partial charge in [-0.3, -0.25) is 14.9 Å². The molecule has 0 saturated heterocycles. The molecule has 1 aliphatic carbocycles. The van der Waals surface area contributed by atoms with E-state index in [-0.39, 0.29) is 35.3 Å². The van der Waals surface area contributed by atoms with E-state index in [2.05, 4.69) is 4.98 Å². The van der Waals surface area contributed by atoms with Crippen LogP contribution in [-0.2, 0) is 6.61 Å². The van der Waals surface area contributed by atoms with Crippen molar-refractivity contribution < 1.29 is 19.2 Å². The average molecular weight is 434 g/mol. The Hall–Kier alpha value is -2.68. The Morgan fingerprint density at radius 1 is 1.30 bits per heavy atom. The van der Waals surface area contributed by atoms with E-state index in [1.54, 1.807) is 17.5 Å². The minimum Gasteiger partial charge on any atom is -0.493 e. The highest BCUT2D eigenvalue weighted by Gasteiger charge is 2.27. The number of hydrogen-bond donors (Lipinski definition) is 0. The molecular weight excluding hydrogens is 406 g/mol. The molecule has 1 amide bonds. The van der Waals surface area contributed by atoms with Crippen molar-refractivity contribution in [3.8, 4) is 11.5 Å². The molecule has 1 aromatic carbocycles. The fourth-order valence-electron chi connectivity index (χ4n) is 3.76. The van der Waals surface area contributed by atoms with Gasteiger partial charge < -0.3 is 14.4 Å². The summed E-state index contributed by atoms with van der Waals surface area (Å²) in [5.74, 6) is 0.723. The number of carbonyl (C=O) groups is 1. The number of nitrogens with zero attached hydrogens (tertiary/aromatic N) is 3. The van der Waals surface area contributed by atoms with Gasteiger partial charge in [-0.15, -0.1) is 11.3 Å². The van der Waals surface area contributed by atoms with Gasteiger partial charge in [0.15, 0.2) is 11.5 Å². The highest BCUT2D eigenvalue weighted by atomic mass is 32.1. The molecule has 2 aromatic rings. The van der Waals surface area contributed by atoms with Gasteiger partial charge in [0, 0.05) is 25.0 Å². The second-order valence-electron chi connectivity index (χ2n) is 7.57. The van der Waals surface area contributed by atoms with E-state index in [1.807, 2.05) is 5.38 Å². The lowest BCUT2D eigenvalue weighted by atomic mass is 9.87. The lowest BCUT2D eigenvalue weighted by Crippen LogP contribution is -2.30. The monoisotopic (exact) mass is 433 g/mol. The van der Waals surface area contributed by atoms with Crippen molar-refractivity contribution in [2.75, 3.05) is 20.7 Å². The first kappa shape index (κ1) is 22.0. The Morgan fingerprint density at radius 3 is 2.70 bits per heavy atom. The van der Waals surface area contributed by atoms with Gasteiger partial charge in [-0.05, 0) is 12.3 Å². The zero-order valence-corrected chi connectivity index (χ0v) is 18.2. The summed E-state index contributed by atoms with van der Waals surface area (Å²) in [4.78, 5) is 29.8. The first-order chi connectivity index (χ1) is 14.5. The number of methoxy groups -OCH3 is 1. The topological polar surface area (TPSA) is 94.8 Å². The van der Waals surface area contributed by atoms with Crippen molar-refractivity contribution >= 4 is 22.9 Å². The van der Waals surface area contributed by atoms with Crippen molar-refractivity contribution in [3.05, 3.63) is 44.4 Å². The molecule has 162 valence electrons. The molecule has 1 aliphatic rings. The summed E-state index contributed by atoms with van der Waals surface area (Å²) in [6.07, 6.45) is 7.08. The predicted octanol–water partition coefficient (Wildman–Crippen LogP) is 4.68. The summed E-state index contributed by atoms with van der Waals surface area (Å²) < 4.78 is 11.0. The molecule has 0 atom stereocenters. The number of amides is 1. The van der Waals surface area contributed by atoms with Crippen LogP contribution in [0.3, 0.4) is 0 Å². The van der Waals surface area contributed by atoms with Crippen molar-refractivity contribution in [2.45, 2.75) is 45.1 Å². The Morgan fingerprint density at radius 2 is 2.07 bits per heavy atom. The third-order valence-electron chi connectivity index (χ3n) is 5.51. The molecule has 0 spiro atoms. The number of carbonyl (C=O) groups excluding carboxylic acids is 1. The van der Waals surface area contributed by atoms with E-state index in [4.69, 9.17) is 9.47 Å². The summed E-state index contributed by atoms with van der Waals surface area (Å²) in [5.41, 5.74) is 2.11. The summed E-state index contributed by atoms with van der Waals surface area (Å²) in [6, 6.07) is 2.65. The van der Waals surface area contributed by atoms with E-state index in [1.165, 1.54) is 62.7 Å². The van der Waals surface area contributed by atoms with Crippen LogP contribution in [0.25, 0.3) is 0 Å². The lowest BCUT2D eigenvalue weighted by molar-refractivity contribution is -0.385. The number of nitro groups is 1. The van der Waals surface area contributed by atoms with Crippen molar-refractivity contribution in [2.24, 2.45) is 5.92 Å². The van der Waals surface area contributed by atoms with Crippen LogP contribution in [0.5, 0.6) is 11.5 Å². The van der Waals surface area contributed by atoms with Gasteiger partial charge in [0.1, 0.15) is 12.2 Å². The molecule has 0 aliphatic heterocycles. The molecule has 8 nitrogen and oxygen atoms in total. The van der Waals surface area contributed by atoms with Crippen LogP contribution < -0.4 is 9.47 Å². The van der Waals surface area contributed by atoms with Crippen molar-refractivity contribution in [1.82, 2.24) is 9.88 Å². The molecule has 0 radical (unpaired) electrons. The maximum absolute atomic E-state index is 13.0. The molecule has 1 saturated carbocycles. The Bertz CT molecular complexity index is 866. The van der Waals surface area contributed by atoms with Crippen LogP contribution in [0, 0.1) is 16.0 Å². The molecule has 0 bridgehead atoms. The summed E-state index contributed by atoms with van der Waals surface area (Å²) >= 11 is 1.44. The third-order valence-corrected chi connectivity index (χ3v) is 6.15. The van der Waals surface area contributed by atoms with Gasteiger partial charge in [0.25, 0.3) is 11.6 Å². The third kappa shape index (κ3) is 5.47. The standard InChI is InChI=1S/C21H27N3O5S/c1-23(9-8-15-6-4-3-5-7-15)21(25)17-10-19(28-2)20(11-18(17)24(26)27)29-12-16-13-30-14-22-16/h10-11,13-15H,3-9,12H2,1-2H3. The molecule has 1 heterocycles. The van der Waals surface area contributed by atoms with Crippen LogP contribution in [0.15, 0.2) is 23.0 Å². The Labute approximate surface area is 180 Å². The average Bonchev–Trinajstić information content (AvgIpc) is 3.29. The molecule has 1 aromatic heterocycles. The van der Waals surface area contributed by atoms with Crippen molar-refractivity contribution in [3.63, 3.8) is 0 Å². The highest BCUT2D eigenvalue weighted by molar-refractivity contribution is 7.07. The highest BCUT2D eigenvalue weighted by Crippen LogP contribution is 2.36. The summed E-state index contributed by atoms with van der Waals surface area (Å²) in [7, 11) is 3.13. The Kier molecular flexibility index (Phi) is 7.62. The van der Waals surface area contributed by atoms with Gasteiger partial charge in [-0.25, -0.2) is 4.98 Å².